The van der Waals surface area contributed by atoms with Gasteiger partial charge in [-0.05, 0) is 17.7 Å². The van der Waals surface area contributed by atoms with E-state index in [2.05, 4.69) is 10.3 Å². The summed E-state index contributed by atoms with van der Waals surface area (Å²) in [5.41, 5.74) is 6.19. The van der Waals surface area contributed by atoms with Gasteiger partial charge in [0.05, 0.1) is 25.7 Å². The number of ether oxygens (including phenoxy) is 1. The van der Waals surface area contributed by atoms with Crippen LogP contribution in [0.5, 0.6) is 0 Å². The summed E-state index contributed by atoms with van der Waals surface area (Å²) in [6.45, 7) is -1.22. The summed E-state index contributed by atoms with van der Waals surface area (Å²) in [6.07, 6.45) is 1.47. The fourth-order valence-corrected chi connectivity index (χ4v) is 2.13. The van der Waals surface area contributed by atoms with Crippen molar-refractivity contribution in [1.82, 2.24) is 15.2 Å². The number of hydrogen-bond donors (Lipinski definition) is 2. The summed E-state index contributed by atoms with van der Waals surface area (Å²) in [4.78, 5) is 16.7. The normalized spacial score (nSPS) is 19.6. The average Bonchev–Trinajstić information content (AvgIpc) is 2.39. The van der Waals surface area contributed by atoms with Gasteiger partial charge in [-0.2, -0.15) is 0 Å². The van der Waals surface area contributed by atoms with Gasteiger partial charge >= 0.3 is 6.03 Å². The number of amides is 2. The number of rotatable bonds is 4. The van der Waals surface area contributed by atoms with Crippen LogP contribution >= 0.6 is 0 Å². The van der Waals surface area contributed by atoms with E-state index in [1.807, 2.05) is 0 Å². The van der Waals surface area contributed by atoms with Crippen molar-refractivity contribution >= 4 is 11.8 Å². The van der Waals surface area contributed by atoms with Gasteiger partial charge in [-0.25, -0.2) is 18.6 Å². The zero-order valence-electron chi connectivity index (χ0n) is 11.0. The molecule has 2 amide bonds. The number of nitrogens with zero attached hydrogens (tertiary/aromatic N) is 2. The van der Waals surface area contributed by atoms with Crippen LogP contribution in [0.25, 0.3) is 0 Å². The Morgan fingerprint density at radius 2 is 2.40 bits per heavy atom. The average molecular weight is 286 g/mol. The molecular formula is C12H16F2N4O2. The summed E-state index contributed by atoms with van der Waals surface area (Å²) < 4.78 is 32.0. The van der Waals surface area contributed by atoms with Gasteiger partial charge in [0, 0.05) is 13.3 Å². The van der Waals surface area contributed by atoms with Crippen LogP contribution in [0.3, 0.4) is 0 Å². The van der Waals surface area contributed by atoms with Crippen LogP contribution in [0.2, 0.25) is 0 Å². The number of aromatic nitrogens is 1. The second kappa shape index (κ2) is 5.58. The van der Waals surface area contributed by atoms with E-state index < -0.39 is 31.1 Å². The number of nitrogens with one attached hydrogen (secondary N) is 1. The maximum atomic E-state index is 13.5. The van der Waals surface area contributed by atoms with Crippen LogP contribution in [0.4, 0.5) is 19.4 Å². The van der Waals surface area contributed by atoms with Crippen molar-refractivity contribution in [3.05, 3.63) is 23.9 Å². The number of halogens is 2. The second-order valence-electron chi connectivity index (χ2n) is 4.63. The van der Waals surface area contributed by atoms with E-state index in [-0.39, 0.29) is 12.4 Å². The minimum atomic E-state index is -2.97. The molecule has 8 heteroatoms. The Hall–Kier alpha value is -1.96. The maximum absolute atomic E-state index is 13.5. The van der Waals surface area contributed by atoms with Gasteiger partial charge in [-0.1, -0.05) is 0 Å². The van der Waals surface area contributed by atoms with E-state index in [0.29, 0.717) is 5.56 Å². The quantitative estimate of drug-likeness (QED) is 0.865. The largest absolute Gasteiger partial charge is 0.384 e. The standard InChI is InChI=1S/C12H16F2N4O2/c1-20-5-9(8-2-3-16-10(15)4-8)18-7-12(13,14)6-17-11(18)19/h2-4,9H,5-7H2,1H3,(H2,15,16)(H,17,19). The highest BCUT2D eigenvalue weighted by atomic mass is 19.3. The predicted octanol–water partition coefficient (Wildman–Crippen LogP) is 1.01. The number of hydrogen-bond acceptors (Lipinski definition) is 4. The number of carbonyl (C=O) groups excluding carboxylic acids is 1. The molecule has 1 fully saturated rings. The van der Waals surface area contributed by atoms with E-state index in [9.17, 15) is 13.6 Å². The van der Waals surface area contributed by atoms with Gasteiger partial charge in [0.25, 0.3) is 5.92 Å². The molecule has 0 saturated carbocycles. The molecule has 1 atom stereocenters. The number of anilines is 1. The van der Waals surface area contributed by atoms with Crippen LogP contribution < -0.4 is 11.1 Å². The van der Waals surface area contributed by atoms with Gasteiger partial charge in [-0.3, -0.25) is 0 Å². The van der Waals surface area contributed by atoms with Crippen molar-refractivity contribution in [2.24, 2.45) is 0 Å². The molecule has 2 heterocycles. The first-order valence-corrected chi connectivity index (χ1v) is 6.05. The van der Waals surface area contributed by atoms with Crippen molar-refractivity contribution in [2.75, 3.05) is 32.5 Å². The summed E-state index contributed by atoms with van der Waals surface area (Å²) in [7, 11) is 1.44. The Labute approximate surface area is 114 Å². The Morgan fingerprint density at radius 3 is 3.05 bits per heavy atom. The molecule has 1 unspecified atom stereocenters. The minimum Gasteiger partial charge on any atom is -0.384 e. The predicted molar refractivity (Wildman–Crippen MR) is 68.3 cm³/mol. The van der Waals surface area contributed by atoms with Crippen LogP contribution in [-0.2, 0) is 4.74 Å². The number of nitrogen functional groups attached to an aromatic ring is 1. The van der Waals surface area contributed by atoms with E-state index in [1.54, 1.807) is 12.1 Å². The molecule has 1 aliphatic heterocycles. The van der Waals surface area contributed by atoms with Crippen molar-refractivity contribution in [3.8, 4) is 0 Å². The highest BCUT2D eigenvalue weighted by Crippen LogP contribution is 2.28. The monoisotopic (exact) mass is 286 g/mol. The third-order valence-electron chi connectivity index (χ3n) is 3.05. The molecule has 0 aromatic carbocycles. The number of pyridine rings is 1. The lowest BCUT2D eigenvalue weighted by Crippen LogP contribution is -2.58. The number of urea groups is 1. The minimum absolute atomic E-state index is 0.0902. The first kappa shape index (κ1) is 14.4. The first-order valence-electron chi connectivity index (χ1n) is 6.05. The first-order chi connectivity index (χ1) is 9.43. The molecule has 1 aromatic rings. The van der Waals surface area contributed by atoms with Crippen molar-refractivity contribution < 1.29 is 18.3 Å². The molecule has 110 valence electrons. The van der Waals surface area contributed by atoms with Crippen molar-refractivity contribution in [3.63, 3.8) is 0 Å². The SMILES string of the molecule is COCC(c1ccnc(N)c1)N1CC(F)(F)CNC1=O. The lowest BCUT2D eigenvalue weighted by Gasteiger charge is -2.38. The number of alkyl halides is 2. The fraction of sp³-hybridized carbons (Fsp3) is 0.500. The lowest BCUT2D eigenvalue weighted by atomic mass is 10.1. The Bertz CT molecular complexity index is 498. The van der Waals surface area contributed by atoms with Crippen LogP contribution in [0, 0.1) is 0 Å². The van der Waals surface area contributed by atoms with Crippen LogP contribution in [0.1, 0.15) is 11.6 Å². The third-order valence-corrected chi connectivity index (χ3v) is 3.05. The van der Waals surface area contributed by atoms with Gasteiger partial charge in [0.15, 0.2) is 0 Å². The number of methoxy groups -OCH3 is 1. The van der Waals surface area contributed by atoms with E-state index in [0.717, 1.165) is 4.90 Å². The molecule has 1 aliphatic rings. The Morgan fingerprint density at radius 1 is 1.65 bits per heavy atom. The number of carbonyl (C=O) groups is 1. The van der Waals surface area contributed by atoms with E-state index >= 15 is 0 Å². The van der Waals surface area contributed by atoms with Crippen molar-refractivity contribution in [1.29, 1.82) is 0 Å². The van der Waals surface area contributed by atoms with Crippen molar-refractivity contribution in [2.45, 2.75) is 12.0 Å². The molecule has 3 N–H and O–H groups in total. The molecule has 0 bridgehead atoms. The molecule has 0 aliphatic carbocycles. The summed E-state index contributed by atoms with van der Waals surface area (Å²) in [6, 6.07) is 1.98. The summed E-state index contributed by atoms with van der Waals surface area (Å²) in [5, 5.41) is 2.18. The zero-order chi connectivity index (χ0) is 14.8. The lowest BCUT2D eigenvalue weighted by molar-refractivity contribution is -0.0509. The van der Waals surface area contributed by atoms with Gasteiger partial charge in [0.1, 0.15) is 5.82 Å². The van der Waals surface area contributed by atoms with Gasteiger partial charge in [-0.15, -0.1) is 0 Å². The highest BCUT2D eigenvalue weighted by Gasteiger charge is 2.42. The summed E-state index contributed by atoms with van der Waals surface area (Å²) in [5.74, 6) is -2.72. The molecular weight excluding hydrogens is 270 g/mol. The molecule has 2 rings (SSSR count). The fourth-order valence-electron chi connectivity index (χ4n) is 2.13. The van der Waals surface area contributed by atoms with Crippen LogP contribution in [-0.4, -0.2) is 48.6 Å². The van der Waals surface area contributed by atoms with Gasteiger partial charge < -0.3 is 20.7 Å². The van der Waals surface area contributed by atoms with Crippen LogP contribution in [0.15, 0.2) is 18.3 Å². The molecule has 0 radical (unpaired) electrons. The molecule has 1 saturated heterocycles. The topological polar surface area (TPSA) is 80.5 Å². The van der Waals surface area contributed by atoms with Gasteiger partial charge in [0.2, 0.25) is 0 Å². The second-order valence-corrected chi connectivity index (χ2v) is 4.63. The van der Waals surface area contributed by atoms with E-state index in [1.165, 1.54) is 13.3 Å². The molecule has 0 spiro atoms. The number of nitrogens with two attached hydrogens (primary N) is 1. The molecule has 20 heavy (non-hydrogen) atoms. The molecule has 1 aromatic heterocycles. The smallest absolute Gasteiger partial charge is 0.318 e. The Kier molecular flexibility index (Phi) is 4.03. The third kappa shape index (κ3) is 3.13. The zero-order valence-corrected chi connectivity index (χ0v) is 11.0. The highest BCUT2D eigenvalue weighted by molar-refractivity contribution is 5.76. The van der Waals surface area contributed by atoms with E-state index in [4.69, 9.17) is 10.5 Å². The maximum Gasteiger partial charge on any atom is 0.318 e. The Balaban J connectivity index is 2.29. The molecule has 6 nitrogen and oxygen atoms in total. The summed E-state index contributed by atoms with van der Waals surface area (Å²) >= 11 is 0.